The highest BCUT2D eigenvalue weighted by Crippen LogP contribution is 2.37. The summed E-state index contributed by atoms with van der Waals surface area (Å²) in [5.74, 6) is 0. The first kappa shape index (κ1) is 15.4. The molecule has 9 heteroatoms. The monoisotopic (exact) mass is 299 g/mol. The van der Waals surface area contributed by atoms with Crippen LogP contribution in [0.25, 0.3) is 0 Å². The Morgan fingerprint density at radius 2 is 2.19 bits per heavy atom. The highest BCUT2D eigenvalue weighted by atomic mass is 16.6. The predicted molar refractivity (Wildman–Crippen MR) is 71.2 cm³/mol. The fourth-order valence-electron chi connectivity index (χ4n) is 2.44. The number of rotatable bonds is 4. The molecule has 4 atom stereocenters. The molecular formula is C12H17N3O6. The summed E-state index contributed by atoms with van der Waals surface area (Å²) in [6.07, 6.45) is -0.189. The average molecular weight is 299 g/mol. The van der Waals surface area contributed by atoms with Crippen molar-refractivity contribution in [2.75, 3.05) is 6.61 Å². The lowest BCUT2D eigenvalue weighted by molar-refractivity contribution is -0.148. The quantitative estimate of drug-likeness (QED) is 0.402. The molecule has 21 heavy (non-hydrogen) atoms. The molecule has 0 bridgehead atoms. The Morgan fingerprint density at radius 1 is 1.48 bits per heavy atom. The van der Waals surface area contributed by atoms with Crippen LogP contribution in [-0.4, -0.2) is 49.8 Å². The van der Waals surface area contributed by atoms with Crippen LogP contribution in [0.2, 0.25) is 0 Å². The van der Waals surface area contributed by atoms with E-state index in [0.717, 1.165) is 16.8 Å². The maximum Gasteiger partial charge on any atom is 0.330 e. The number of H-pyrrole nitrogens is 1. The maximum absolute atomic E-state index is 12.0. The van der Waals surface area contributed by atoms with Crippen molar-refractivity contribution in [2.24, 2.45) is 5.73 Å². The van der Waals surface area contributed by atoms with Gasteiger partial charge in [-0.05, 0) is 6.20 Å². The molecule has 0 radical (unpaired) electrons. The molecule has 0 unspecified atom stereocenters. The van der Waals surface area contributed by atoms with Gasteiger partial charge in [-0.3, -0.25) is 14.3 Å². The van der Waals surface area contributed by atoms with Crippen molar-refractivity contribution in [2.45, 2.75) is 30.5 Å². The van der Waals surface area contributed by atoms with Gasteiger partial charge >= 0.3 is 5.69 Å². The number of ether oxygens (including phenoxy) is 1. The number of aromatic amines is 1. The number of nitrogens with two attached hydrogens (primary N) is 1. The smallest absolute Gasteiger partial charge is 0.330 e. The highest BCUT2D eigenvalue weighted by Gasteiger charge is 2.55. The van der Waals surface area contributed by atoms with E-state index in [0.29, 0.717) is 0 Å². The van der Waals surface area contributed by atoms with Crippen molar-refractivity contribution in [1.82, 2.24) is 9.55 Å². The summed E-state index contributed by atoms with van der Waals surface area (Å²) in [5.41, 5.74) is 2.20. The van der Waals surface area contributed by atoms with Crippen molar-refractivity contribution in [3.8, 4) is 0 Å². The number of hydrogen-bond acceptors (Lipinski definition) is 7. The fraction of sp³-hybridized carbons (Fsp3) is 0.500. The minimum absolute atomic E-state index is 0.0375. The third-order valence-electron chi connectivity index (χ3n) is 3.48. The van der Waals surface area contributed by atoms with Crippen LogP contribution in [0.4, 0.5) is 0 Å². The van der Waals surface area contributed by atoms with E-state index in [1.54, 1.807) is 0 Å². The van der Waals surface area contributed by atoms with Gasteiger partial charge in [0.1, 0.15) is 18.3 Å². The third kappa shape index (κ3) is 2.51. The summed E-state index contributed by atoms with van der Waals surface area (Å²) >= 11 is 0. The molecule has 0 amide bonds. The highest BCUT2D eigenvalue weighted by molar-refractivity contribution is 5.04. The topological polar surface area (TPSA) is 151 Å². The van der Waals surface area contributed by atoms with Gasteiger partial charge in [0.05, 0.1) is 6.61 Å². The zero-order valence-electron chi connectivity index (χ0n) is 11.0. The van der Waals surface area contributed by atoms with Crippen LogP contribution < -0.4 is 17.0 Å². The first-order valence-electron chi connectivity index (χ1n) is 6.30. The Labute approximate surface area is 118 Å². The summed E-state index contributed by atoms with van der Waals surface area (Å²) < 4.78 is 6.49. The standard InChI is InChI=1S/C12H17N3O6/c13-4-1-3-12(10(19)9(18)7(6-16)21-12)15-5-2-8(17)14-11(15)20/h1-2,4-5,7,9-10,16,18-19H,3,6,13H2,(H,14,17,20)/t7-,9-,10-,12-/m1/s1. The SMILES string of the molecule is NC=CC[C@@]1(n2ccc(=O)[nH]c2=O)O[C@H](CO)[C@@H](O)[C@H]1O. The molecule has 6 N–H and O–H groups in total. The molecule has 0 spiro atoms. The maximum atomic E-state index is 12.0. The molecule has 2 heterocycles. The molecule has 2 rings (SSSR count). The normalized spacial score (nSPS) is 32.8. The molecule has 0 aromatic carbocycles. The number of aromatic nitrogens is 2. The van der Waals surface area contributed by atoms with Gasteiger partial charge in [-0.15, -0.1) is 0 Å². The van der Waals surface area contributed by atoms with Gasteiger partial charge in [0.25, 0.3) is 5.56 Å². The number of nitrogens with zero attached hydrogens (tertiary/aromatic N) is 1. The van der Waals surface area contributed by atoms with Gasteiger partial charge in [0, 0.05) is 18.7 Å². The Bertz CT molecular complexity index is 638. The second-order valence-corrected chi connectivity index (χ2v) is 4.73. The Balaban J connectivity index is 2.57. The van der Waals surface area contributed by atoms with Crippen LogP contribution in [0.5, 0.6) is 0 Å². The lowest BCUT2D eigenvalue weighted by Gasteiger charge is -2.32. The van der Waals surface area contributed by atoms with E-state index in [1.807, 2.05) is 4.98 Å². The van der Waals surface area contributed by atoms with Crippen molar-refractivity contribution in [3.63, 3.8) is 0 Å². The molecule has 0 saturated carbocycles. The summed E-state index contributed by atoms with van der Waals surface area (Å²) in [5, 5.41) is 29.4. The summed E-state index contributed by atoms with van der Waals surface area (Å²) in [6.45, 7) is -0.537. The van der Waals surface area contributed by atoms with Crippen molar-refractivity contribution in [3.05, 3.63) is 45.4 Å². The van der Waals surface area contributed by atoms with Crippen molar-refractivity contribution < 1.29 is 20.1 Å². The predicted octanol–water partition coefficient (Wildman–Crippen LogP) is -2.84. The second-order valence-electron chi connectivity index (χ2n) is 4.73. The van der Waals surface area contributed by atoms with Crippen LogP contribution in [0.15, 0.2) is 34.1 Å². The number of nitrogens with one attached hydrogen (secondary N) is 1. The Kier molecular flexibility index (Phi) is 4.28. The molecule has 1 aliphatic rings. The first-order chi connectivity index (χ1) is 9.96. The molecule has 0 aliphatic carbocycles. The van der Waals surface area contributed by atoms with Gasteiger partial charge in [-0.25, -0.2) is 4.79 Å². The van der Waals surface area contributed by atoms with E-state index in [-0.39, 0.29) is 6.42 Å². The van der Waals surface area contributed by atoms with Gasteiger partial charge in [-0.1, -0.05) is 6.08 Å². The van der Waals surface area contributed by atoms with Crippen LogP contribution >= 0.6 is 0 Å². The van der Waals surface area contributed by atoms with E-state index in [9.17, 15) is 24.9 Å². The van der Waals surface area contributed by atoms with E-state index >= 15 is 0 Å². The zero-order valence-corrected chi connectivity index (χ0v) is 11.0. The van der Waals surface area contributed by atoms with Gasteiger partial charge < -0.3 is 25.8 Å². The fourth-order valence-corrected chi connectivity index (χ4v) is 2.44. The summed E-state index contributed by atoms with van der Waals surface area (Å²) in [7, 11) is 0. The second kappa shape index (κ2) is 5.82. The molecule has 1 aliphatic heterocycles. The zero-order chi connectivity index (χ0) is 15.6. The Morgan fingerprint density at radius 3 is 2.71 bits per heavy atom. The summed E-state index contributed by atoms with van der Waals surface area (Å²) in [6, 6.07) is 1.09. The molecule has 1 aromatic rings. The van der Waals surface area contributed by atoms with Crippen molar-refractivity contribution >= 4 is 0 Å². The van der Waals surface area contributed by atoms with Crippen LogP contribution in [-0.2, 0) is 10.5 Å². The molecule has 1 aromatic heterocycles. The third-order valence-corrected chi connectivity index (χ3v) is 3.48. The van der Waals surface area contributed by atoms with E-state index in [1.165, 1.54) is 12.3 Å². The van der Waals surface area contributed by atoms with Gasteiger partial charge in [-0.2, -0.15) is 0 Å². The molecule has 116 valence electrons. The number of aliphatic hydroxyl groups excluding tert-OH is 3. The van der Waals surface area contributed by atoms with E-state index in [4.69, 9.17) is 10.5 Å². The largest absolute Gasteiger partial charge is 0.405 e. The van der Waals surface area contributed by atoms with Crippen LogP contribution in [0, 0.1) is 0 Å². The van der Waals surface area contributed by atoms with Gasteiger partial charge in [0.15, 0.2) is 5.72 Å². The Hall–Kier alpha value is -1.94. The average Bonchev–Trinajstić information content (AvgIpc) is 2.70. The lowest BCUT2D eigenvalue weighted by atomic mass is 9.99. The number of hydrogen-bond donors (Lipinski definition) is 5. The molecular weight excluding hydrogens is 282 g/mol. The van der Waals surface area contributed by atoms with Gasteiger partial charge in [0.2, 0.25) is 0 Å². The first-order valence-corrected chi connectivity index (χ1v) is 6.30. The number of aliphatic hydroxyl groups is 3. The van der Waals surface area contributed by atoms with E-state index in [2.05, 4.69) is 0 Å². The van der Waals surface area contributed by atoms with Crippen molar-refractivity contribution in [1.29, 1.82) is 0 Å². The minimum Gasteiger partial charge on any atom is -0.405 e. The molecule has 9 nitrogen and oxygen atoms in total. The molecule has 1 fully saturated rings. The molecule has 1 saturated heterocycles. The minimum atomic E-state index is -1.66. The summed E-state index contributed by atoms with van der Waals surface area (Å²) in [4.78, 5) is 25.2. The van der Waals surface area contributed by atoms with Crippen LogP contribution in [0.1, 0.15) is 6.42 Å². The lowest BCUT2D eigenvalue weighted by Crippen LogP contribution is -2.51. The van der Waals surface area contributed by atoms with Crippen LogP contribution in [0.3, 0.4) is 0 Å². The van der Waals surface area contributed by atoms with E-state index < -0.39 is 41.9 Å².